The number of nitrogens with two attached hydrogens (primary N) is 1. The maximum absolute atomic E-state index is 13.3. The second-order valence-electron chi connectivity index (χ2n) is 12.7. The van der Waals surface area contributed by atoms with Crippen molar-refractivity contribution >= 4 is 40.4 Å². The van der Waals surface area contributed by atoms with E-state index in [0.717, 1.165) is 0 Å². The van der Waals surface area contributed by atoms with Crippen molar-refractivity contribution in [1.82, 2.24) is 15.5 Å². The summed E-state index contributed by atoms with van der Waals surface area (Å²) in [6, 6.07) is 4.76. The molecule has 0 bridgehead atoms. The zero-order valence-corrected chi connectivity index (χ0v) is 28.0. The van der Waals surface area contributed by atoms with Gasteiger partial charge in [-0.1, -0.05) is 19.9 Å². The number of amides is 4. The van der Waals surface area contributed by atoms with Crippen molar-refractivity contribution < 1.29 is 47.7 Å². The number of hydrogen-bond acceptors (Lipinski definition) is 11. The molecule has 3 heterocycles. The van der Waals surface area contributed by atoms with E-state index in [0.29, 0.717) is 49.5 Å². The van der Waals surface area contributed by atoms with Crippen LogP contribution in [0.4, 0.5) is 0 Å². The first-order chi connectivity index (χ1) is 23.8. The van der Waals surface area contributed by atoms with Gasteiger partial charge < -0.3 is 45.0 Å². The number of likely N-dealkylation sites (tertiary alicyclic amines) is 1. The number of phenolic OH excluding ortho intramolecular Hbond substituents is 1. The molecule has 1 saturated heterocycles. The zero-order valence-electron chi connectivity index (χ0n) is 28.0. The van der Waals surface area contributed by atoms with Gasteiger partial charge in [0.05, 0.1) is 18.0 Å². The third-order valence-electron chi connectivity index (χ3n) is 8.40. The Hall–Kier alpha value is -5.60. The van der Waals surface area contributed by atoms with Crippen molar-refractivity contribution in [2.45, 2.75) is 64.6 Å². The number of carbonyl (C=O) groups excluding carboxylic acids is 5. The normalized spacial score (nSPS) is 16.5. The molecule has 1 fully saturated rings. The van der Waals surface area contributed by atoms with E-state index in [9.17, 15) is 33.9 Å². The minimum atomic E-state index is -1.02. The predicted molar refractivity (Wildman–Crippen MR) is 179 cm³/mol. The largest absolute Gasteiger partial charge is 0.507 e. The predicted octanol–water partition coefficient (Wildman–Crippen LogP) is 1.79. The topological polar surface area (TPSA) is 217 Å². The Morgan fingerprint density at radius 2 is 1.78 bits per heavy atom. The third-order valence-corrected chi connectivity index (χ3v) is 8.40. The summed E-state index contributed by atoms with van der Waals surface area (Å²) >= 11 is 0. The van der Waals surface area contributed by atoms with Crippen LogP contribution in [0.5, 0.6) is 23.0 Å². The highest BCUT2D eigenvalue weighted by Crippen LogP contribution is 2.35. The van der Waals surface area contributed by atoms with E-state index in [2.05, 4.69) is 10.6 Å². The molecule has 0 radical (unpaired) electrons. The Labute approximate surface area is 287 Å². The molecule has 0 spiro atoms. The third kappa shape index (κ3) is 8.15. The van der Waals surface area contributed by atoms with Gasteiger partial charge >= 0.3 is 0 Å². The first kappa shape index (κ1) is 35.7. The number of rotatable bonds is 13. The summed E-state index contributed by atoms with van der Waals surface area (Å²) in [5.41, 5.74) is 5.42. The number of carbonyl (C=O) groups is 5. The molecule has 15 heteroatoms. The molecular formula is C35H40N4O11. The summed E-state index contributed by atoms with van der Waals surface area (Å²) in [6.45, 7) is 5.75. The zero-order chi connectivity index (χ0) is 36.1. The number of primary amides is 1. The highest BCUT2D eigenvalue weighted by Gasteiger charge is 2.38. The number of hydrogen-bond donors (Lipinski definition) is 4. The smallest absolute Gasteiger partial charge is 0.258 e. The molecule has 0 aliphatic carbocycles. The number of nitrogens with zero attached hydrogens (tertiary/aromatic N) is 1. The van der Waals surface area contributed by atoms with E-state index >= 15 is 0 Å². The molecule has 50 heavy (non-hydrogen) atoms. The number of ketones is 1. The van der Waals surface area contributed by atoms with Crippen molar-refractivity contribution in [3.63, 3.8) is 0 Å². The lowest BCUT2D eigenvalue weighted by atomic mass is 9.98. The van der Waals surface area contributed by atoms with Gasteiger partial charge in [-0.3, -0.25) is 28.8 Å². The molecule has 0 saturated carbocycles. The molecule has 0 unspecified atom stereocenters. The quantitative estimate of drug-likeness (QED) is 0.189. The lowest BCUT2D eigenvalue weighted by Crippen LogP contribution is -2.55. The van der Waals surface area contributed by atoms with Crippen LogP contribution < -0.4 is 36.0 Å². The molecule has 2 aromatic carbocycles. The van der Waals surface area contributed by atoms with Crippen LogP contribution in [0.25, 0.3) is 22.1 Å². The van der Waals surface area contributed by atoms with Crippen LogP contribution in [-0.2, 0) is 24.0 Å². The monoisotopic (exact) mass is 692 g/mol. The molecule has 2 aliphatic heterocycles. The molecule has 3 atom stereocenters. The number of Topliss-reactive ketones (excluding diaryl/α,β-unsaturated/α-hetero) is 1. The van der Waals surface area contributed by atoms with Crippen molar-refractivity contribution in [2.24, 2.45) is 11.7 Å². The van der Waals surface area contributed by atoms with Crippen molar-refractivity contribution in [1.29, 1.82) is 0 Å². The van der Waals surface area contributed by atoms with Gasteiger partial charge in [-0.15, -0.1) is 0 Å². The van der Waals surface area contributed by atoms with Gasteiger partial charge in [0.25, 0.3) is 5.91 Å². The molecule has 2 aliphatic rings. The maximum Gasteiger partial charge on any atom is 0.258 e. The van der Waals surface area contributed by atoms with Crippen LogP contribution in [0.3, 0.4) is 0 Å². The van der Waals surface area contributed by atoms with Crippen molar-refractivity contribution in [2.75, 3.05) is 26.4 Å². The van der Waals surface area contributed by atoms with Crippen LogP contribution in [0.1, 0.15) is 46.5 Å². The van der Waals surface area contributed by atoms with Gasteiger partial charge in [-0.05, 0) is 49.8 Å². The Kier molecular flexibility index (Phi) is 10.9. The van der Waals surface area contributed by atoms with Crippen molar-refractivity contribution in [3.8, 4) is 34.1 Å². The fourth-order valence-corrected chi connectivity index (χ4v) is 6.05. The Bertz CT molecular complexity index is 1870. The fraction of sp³-hybridized carbons (Fsp3) is 0.429. The number of nitrogens with one attached hydrogen (secondary N) is 2. The minimum Gasteiger partial charge on any atom is -0.507 e. The highest BCUT2D eigenvalue weighted by atomic mass is 16.6. The fourth-order valence-electron chi connectivity index (χ4n) is 6.05. The van der Waals surface area contributed by atoms with Gasteiger partial charge in [-0.25, -0.2) is 0 Å². The Balaban J connectivity index is 1.19. The van der Waals surface area contributed by atoms with Crippen LogP contribution >= 0.6 is 0 Å². The first-order valence-electron chi connectivity index (χ1n) is 16.3. The van der Waals surface area contributed by atoms with Gasteiger partial charge in [0.15, 0.2) is 23.9 Å². The second-order valence-corrected chi connectivity index (χ2v) is 12.7. The summed E-state index contributed by atoms with van der Waals surface area (Å²) in [5, 5.41) is 15.9. The van der Waals surface area contributed by atoms with Gasteiger partial charge in [0, 0.05) is 18.7 Å². The lowest BCUT2D eigenvalue weighted by molar-refractivity contribution is -0.142. The number of phenols is 1. The molecule has 4 amide bonds. The molecule has 1 aromatic heterocycles. The molecule has 5 N–H and O–H groups in total. The van der Waals surface area contributed by atoms with E-state index in [1.54, 1.807) is 18.2 Å². The first-order valence-corrected chi connectivity index (χ1v) is 16.3. The van der Waals surface area contributed by atoms with Gasteiger partial charge in [0.2, 0.25) is 23.2 Å². The molecule has 5 rings (SSSR count). The maximum atomic E-state index is 13.3. The average Bonchev–Trinajstić information content (AvgIpc) is 3.56. The Morgan fingerprint density at radius 3 is 2.50 bits per heavy atom. The second kappa shape index (κ2) is 15.3. The molecule has 266 valence electrons. The summed E-state index contributed by atoms with van der Waals surface area (Å²) < 4.78 is 22.3. The van der Waals surface area contributed by atoms with Crippen LogP contribution in [-0.4, -0.2) is 83.9 Å². The van der Waals surface area contributed by atoms with E-state index in [1.807, 2.05) is 13.8 Å². The molecular weight excluding hydrogens is 652 g/mol. The van der Waals surface area contributed by atoms with E-state index in [1.165, 1.54) is 30.2 Å². The van der Waals surface area contributed by atoms with Gasteiger partial charge in [0.1, 0.15) is 54.0 Å². The van der Waals surface area contributed by atoms with Crippen LogP contribution in [0.2, 0.25) is 0 Å². The SMILES string of the molecule is CC(C)C[C@@H](NC(=O)[C@H]1CCCN1C(=O)[C@@H](C)NC(=O)COc1cc(O)c2c(=O)c(-c3ccc4c(c3)OCCO4)coc2c1)C(=O)CC(N)=O. The number of benzene rings is 2. The number of fused-ring (bicyclic) bond motifs is 2. The summed E-state index contributed by atoms with van der Waals surface area (Å²) in [5.74, 6) is -2.27. The summed E-state index contributed by atoms with van der Waals surface area (Å²) in [4.78, 5) is 77.8. The number of ether oxygens (including phenoxy) is 3. The lowest BCUT2D eigenvalue weighted by Gasteiger charge is -2.29. The molecule has 3 aromatic rings. The van der Waals surface area contributed by atoms with E-state index < -0.39 is 71.7 Å². The summed E-state index contributed by atoms with van der Waals surface area (Å²) in [6.07, 6.45) is 1.95. The van der Waals surface area contributed by atoms with E-state index in [-0.39, 0.29) is 34.7 Å². The number of aromatic hydroxyl groups is 1. The summed E-state index contributed by atoms with van der Waals surface area (Å²) in [7, 11) is 0. The van der Waals surface area contributed by atoms with Crippen molar-refractivity contribution in [3.05, 3.63) is 46.8 Å². The van der Waals surface area contributed by atoms with Crippen LogP contribution in [0, 0.1) is 5.92 Å². The Morgan fingerprint density at radius 1 is 1.04 bits per heavy atom. The highest BCUT2D eigenvalue weighted by molar-refractivity contribution is 6.02. The van der Waals surface area contributed by atoms with Crippen LogP contribution in [0.15, 0.2) is 45.8 Å². The van der Waals surface area contributed by atoms with Gasteiger partial charge in [-0.2, -0.15) is 0 Å². The van der Waals surface area contributed by atoms with E-state index in [4.69, 9.17) is 24.4 Å². The average molecular weight is 693 g/mol. The minimum absolute atomic E-state index is 0.0283. The molecule has 15 nitrogen and oxygen atoms in total. The standard InChI is InChI=1S/C35H40N4O11/c1-18(2)11-23(25(40)15-30(36)42)38-34(45)24-5-4-8-39(24)35(46)19(3)37-31(43)17-49-21-13-26(41)32-29(14-21)50-16-22(33(32)44)20-6-7-27-28(12-20)48-10-9-47-27/h6-7,12-14,16,18-19,23-24,41H,4-5,8-11,15,17H2,1-3H3,(H2,36,42)(H,37,43)(H,38,45)/t19-,23-,24-/m1/s1.